The number of imidazole rings is 2. The number of carboxylic acid groups (broad SMARTS) is 1. The van der Waals surface area contributed by atoms with Crippen LogP contribution in [0.15, 0.2) is 110 Å². The average molecular weight is 783 g/mol. The maximum Gasteiger partial charge on any atom is 0.407 e. The van der Waals surface area contributed by atoms with Crippen LogP contribution in [0.1, 0.15) is 66.7 Å². The summed E-state index contributed by atoms with van der Waals surface area (Å²) in [6.07, 6.45) is 6.31. The fourth-order valence-corrected chi connectivity index (χ4v) is 7.01. The summed E-state index contributed by atoms with van der Waals surface area (Å²) in [5.41, 5.74) is 5.01. The third kappa shape index (κ3) is 8.40. The Morgan fingerprint density at radius 2 is 1.41 bits per heavy atom. The molecule has 1 fully saturated rings. The number of carbonyl (C=O) groups excluding carboxylic acids is 3. The molecule has 1 aliphatic heterocycles. The highest BCUT2D eigenvalue weighted by Crippen LogP contribution is 2.35. The van der Waals surface area contributed by atoms with Crippen molar-refractivity contribution in [2.24, 2.45) is 0 Å². The molecule has 0 saturated carbocycles. The molecule has 1 saturated heterocycles. The van der Waals surface area contributed by atoms with E-state index in [0.29, 0.717) is 52.8 Å². The lowest BCUT2D eigenvalue weighted by Crippen LogP contribution is -2.43. The van der Waals surface area contributed by atoms with Crippen LogP contribution in [-0.2, 0) is 14.3 Å². The normalized spacial score (nSPS) is 15.2. The number of aromatic amines is 2. The van der Waals surface area contributed by atoms with E-state index in [2.05, 4.69) is 40.5 Å². The molecule has 296 valence electrons. The number of nitrogens with one attached hydrogen (secondary N) is 4. The third-order valence-electron chi connectivity index (χ3n) is 10.1. The van der Waals surface area contributed by atoms with Crippen LogP contribution >= 0.6 is 0 Å². The first-order valence-corrected chi connectivity index (χ1v) is 18.6. The van der Waals surface area contributed by atoms with Gasteiger partial charge in [0, 0.05) is 37.1 Å². The summed E-state index contributed by atoms with van der Waals surface area (Å²) < 4.78 is 4.72. The van der Waals surface area contributed by atoms with Crippen molar-refractivity contribution in [1.82, 2.24) is 50.3 Å². The molecule has 0 unspecified atom stereocenters. The van der Waals surface area contributed by atoms with Gasteiger partial charge in [0.15, 0.2) is 5.82 Å². The molecule has 3 aromatic heterocycles. The standard InChI is InChI=1S/C42H42N10O6/c1-25(47-39(53)34(50-41(55)58-3)27-11-6-4-7-12-27)36-45-24-32(48-36)30-21-43-37(44-22-30)29-18-16-26(17-19-29)31-23-46-38(49-31)33-15-10-20-52(33)40(54)35(51(2)42(56)57)28-13-8-5-9-14-28/h4-9,11-14,16-19,21-25,33-35H,10,15,20H2,1-3H3,(H,45,48)(H,46,49)(H,47,53)(H,50,55)(H,56,57)/t25-,33-,34+,35+/m0/s1. The fourth-order valence-electron chi connectivity index (χ4n) is 7.01. The van der Waals surface area contributed by atoms with Crippen molar-refractivity contribution in [2.75, 3.05) is 20.7 Å². The summed E-state index contributed by atoms with van der Waals surface area (Å²) in [6, 6.07) is 22.7. The van der Waals surface area contributed by atoms with Crippen LogP contribution in [0.2, 0.25) is 0 Å². The number of benzene rings is 3. The number of methoxy groups -OCH3 is 1. The summed E-state index contributed by atoms with van der Waals surface area (Å²) in [7, 11) is 2.65. The lowest BCUT2D eigenvalue weighted by Gasteiger charge is -2.32. The van der Waals surface area contributed by atoms with E-state index in [9.17, 15) is 24.3 Å². The van der Waals surface area contributed by atoms with Gasteiger partial charge in [-0.15, -0.1) is 0 Å². The molecule has 16 heteroatoms. The number of nitrogens with zero attached hydrogens (tertiary/aromatic N) is 6. The zero-order valence-corrected chi connectivity index (χ0v) is 32.0. The summed E-state index contributed by atoms with van der Waals surface area (Å²) in [5, 5.41) is 15.3. The molecular weight excluding hydrogens is 741 g/mol. The van der Waals surface area contributed by atoms with E-state index in [1.807, 2.05) is 36.4 Å². The molecule has 6 aromatic rings. The number of ether oxygens (including phenoxy) is 1. The minimum absolute atomic E-state index is 0.290. The van der Waals surface area contributed by atoms with Crippen LogP contribution in [0.5, 0.6) is 0 Å². The van der Waals surface area contributed by atoms with Crippen LogP contribution in [-0.4, -0.2) is 89.5 Å². The number of hydrogen-bond acceptors (Lipinski definition) is 9. The first-order valence-electron chi connectivity index (χ1n) is 18.6. The monoisotopic (exact) mass is 782 g/mol. The van der Waals surface area contributed by atoms with Crippen LogP contribution in [0.25, 0.3) is 33.9 Å². The van der Waals surface area contributed by atoms with Crippen LogP contribution in [0.3, 0.4) is 0 Å². The number of H-pyrrole nitrogens is 2. The highest BCUT2D eigenvalue weighted by atomic mass is 16.5. The van der Waals surface area contributed by atoms with Crippen molar-refractivity contribution in [3.05, 3.63) is 132 Å². The molecule has 0 aliphatic carbocycles. The quantitative estimate of drug-likeness (QED) is 0.0947. The van der Waals surface area contributed by atoms with Crippen molar-refractivity contribution in [2.45, 2.75) is 43.9 Å². The summed E-state index contributed by atoms with van der Waals surface area (Å²) in [5.74, 6) is 0.942. The Hall–Kier alpha value is -7.36. The van der Waals surface area contributed by atoms with Gasteiger partial charge >= 0.3 is 12.2 Å². The minimum atomic E-state index is -1.18. The Balaban J connectivity index is 0.996. The molecule has 7 rings (SSSR count). The summed E-state index contributed by atoms with van der Waals surface area (Å²) in [4.78, 5) is 78.8. The first kappa shape index (κ1) is 38.9. The van der Waals surface area contributed by atoms with Crippen molar-refractivity contribution < 1.29 is 29.0 Å². The van der Waals surface area contributed by atoms with Crippen LogP contribution in [0, 0.1) is 0 Å². The molecule has 4 amide bonds. The second-order valence-electron chi connectivity index (χ2n) is 13.8. The van der Waals surface area contributed by atoms with Gasteiger partial charge in [-0.1, -0.05) is 84.9 Å². The van der Waals surface area contributed by atoms with Crippen LogP contribution in [0.4, 0.5) is 9.59 Å². The van der Waals surface area contributed by atoms with E-state index in [-0.39, 0.29) is 11.9 Å². The molecule has 0 bridgehead atoms. The molecule has 0 radical (unpaired) electrons. The molecule has 0 spiro atoms. The third-order valence-corrected chi connectivity index (χ3v) is 10.1. The number of amides is 4. The lowest BCUT2D eigenvalue weighted by molar-refractivity contribution is -0.137. The maximum absolute atomic E-state index is 13.9. The van der Waals surface area contributed by atoms with Crippen LogP contribution < -0.4 is 10.6 Å². The predicted octanol–water partition coefficient (Wildman–Crippen LogP) is 6.21. The molecule has 4 heterocycles. The van der Waals surface area contributed by atoms with Gasteiger partial charge in [-0.25, -0.2) is 29.5 Å². The molecule has 1 aliphatic rings. The number of hydrogen-bond donors (Lipinski definition) is 5. The van der Waals surface area contributed by atoms with E-state index < -0.39 is 36.2 Å². The Labute approximate surface area is 333 Å². The minimum Gasteiger partial charge on any atom is -0.465 e. The van der Waals surface area contributed by atoms with Gasteiger partial charge in [-0.3, -0.25) is 14.5 Å². The largest absolute Gasteiger partial charge is 0.465 e. The Kier molecular flexibility index (Phi) is 11.5. The number of likely N-dealkylation sites (tertiary alicyclic amines) is 1. The number of aromatic nitrogens is 6. The number of likely N-dealkylation sites (N-methyl/N-ethyl adjacent to an activating group) is 1. The van der Waals surface area contributed by atoms with Crippen molar-refractivity contribution in [1.29, 1.82) is 0 Å². The highest BCUT2D eigenvalue weighted by molar-refractivity contribution is 5.88. The predicted molar refractivity (Wildman–Crippen MR) is 213 cm³/mol. The topological polar surface area (TPSA) is 211 Å². The van der Waals surface area contributed by atoms with Crippen molar-refractivity contribution in [3.63, 3.8) is 0 Å². The molecule has 3 aromatic carbocycles. The summed E-state index contributed by atoms with van der Waals surface area (Å²) in [6.45, 7) is 2.28. The Morgan fingerprint density at radius 3 is 2.07 bits per heavy atom. The number of carbonyl (C=O) groups is 4. The molecule has 58 heavy (non-hydrogen) atoms. The van der Waals surface area contributed by atoms with E-state index >= 15 is 0 Å². The second kappa shape index (κ2) is 17.2. The molecule has 4 atom stereocenters. The van der Waals surface area contributed by atoms with Crippen molar-refractivity contribution in [3.8, 4) is 33.9 Å². The summed E-state index contributed by atoms with van der Waals surface area (Å²) >= 11 is 0. The second-order valence-corrected chi connectivity index (χ2v) is 13.8. The first-order chi connectivity index (χ1) is 28.1. The van der Waals surface area contributed by atoms with Gasteiger partial charge in [0.25, 0.3) is 5.91 Å². The zero-order chi connectivity index (χ0) is 40.8. The fraction of sp³-hybridized carbons (Fsp3) is 0.238. The molecular formula is C42H42N10O6. The van der Waals surface area contributed by atoms with Gasteiger partial charge in [-0.05, 0) is 36.5 Å². The lowest BCUT2D eigenvalue weighted by atomic mass is 10.0. The number of rotatable bonds is 12. The van der Waals surface area contributed by atoms with E-state index in [1.54, 1.807) is 85.1 Å². The van der Waals surface area contributed by atoms with Crippen molar-refractivity contribution >= 4 is 24.0 Å². The van der Waals surface area contributed by atoms with E-state index in [4.69, 9.17) is 4.74 Å². The van der Waals surface area contributed by atoms with E-state index in [1.165, 1.54) is 14.2 Å². The van der Waals surface area contributed by atoms with Gasteiger partial charge in [0.1, 0.15) is 23.7 Å². The Bertz CT molecular complexity index is 2370. The van der Waals surface area contributed by atoms with Gasteiger partial charge < -0.3 is 35.3 Å². The van der Waals surface area contributed by atoms with E-state index in [0.717, 1.165) is 28.1 Å². The molecule has 16 nitrogen and oxygen atoms in total. The average Bonchev–Trinajstić information content (AvgIpc) is 4.06. The van der Waals surface area contributed by atoms with Gasteiger partial charge in [0.05, 0.1) is 43.0 Å². The molecule has 5 N–H and O–H groups in total. The maximum atomic E-state index is 13.9. The highest BCUT2D eigenvalue weighted by Gasteiger charge is 2.39. The Morgan fingerprint density at radius 1 is 0.793 bits per heavy atom. The number of alkyl carbamates (subject to hydrolysis) is 1. The smallest absolute Gasteiger partial charge is 0.407 e. The zero-order valence-electron chi connectivity index (χ0n) is 32.0. The van der Waals surface area contributed by atoms with Gasteiger partial charge in [-0.2, -0.15) is 0 Å². The SMILES string of the molecule is COC(=O)N[C@@H](C(=O)N[C@@H](C)c1ncc(-c2cnc(-c3ccc(-c4cnc([C@@H]5CCCN5C(=O)[C@@H](c5ccccc5)N(C)C(=O)O)[nH]4)cc3)nc2)[nH]1)c1ccccc1. The van der Waals surface area contributed by atoms with Gasteiger partial charge in [0.2, 0.25) is 5.91 Å².